The molecule has 1 heterocycles. The zero-order valence-electron chi connectivity index (χ0n) is 13.7. The first-order valence-electron chi connectivity index (χ1n) is 7.63. The van der Waals surface area contributed by atoms with Crippen LogP contribution in [0.1, 0.15) is 13.8 Å². The van der Waals surface area contributed by atoms with Crippen LogP contribution in [0.2, 0.25) is 0 Å². The highest BCUT2D eigenvalue weighted by molar-refractivity contribution is 8.00. The van der Waals surface area contributed by atoms with Crippen LogP contribution >= 0.6 is 11.8 Å². The van der Waals surface area contributed by atoms with Gasteiger partial charge in [-0.05, 0) is 42.5 Å². The Labute approximate surface area is 150 Å². The number of thioether (sulfide) groups is 1. The standard InChI is InChI=1S/C17H17FN2O3S2/c1-11-10-20(12(2)21)16-9-15(7-8-17(16)24-11)25(22,23)19-14-5-3-13(18)4-6-14/h3-9,11,19H,10H2,1-2H3. The summed E-state index contributed by atoms with van der Waals surface area (Å²) in [6, 6.07) is 9.79. The van der Waals surface area contributed by atoms with Crippen molar-refractivity contribution in [3.63, 3.8) is 0 Å². The first kappa shape index (κ1) is 17.8. The van der Waals surface area contributed by atoms with Crippen molar-refractivity contribution in [1.82, 2.24) is 0 Å². The number of anilines is 2. The van der Waals surface area contributed by atoms with Crippen LogP contribution in [0, 0.1) is 5.82 Å². The Morgan fingerprint density at radius 3 is 2.56 bits per heavy atom. The average molecular weight is 380 g/mol. The van der Waals surface area contributed by atoms with Gasteiger partial charge >= 0.3 is 0 Å². The fourth-order valence-electron chi connectivity index (χ4n) is 2.61. The molecule has 5 nitrogen and oxygen atoms in total. The van der Waals surface area contributed by atoms with Gasteiger partial charge in [-0.15, -0.1) is 11.8 Å². The van der Waals surface area contributed by atoms with E-state index in [0.29, 0.717) is 12.2 Å². The van der Waals surface area contributed by atoms with E-state index in [1.54, 1.807) is 22.7 Å². The summed E-state index contributed by atoms with van der Waals surface area (Å²) in [6.07, 6.45) is 0. The molecule has 3 rings (SSSR count). The monoisotopic (exact) mass is 380 g/mol. The van der Waals surface area contributed by atoms with Gasteiger partial charge < -0.3 is 4.90 Å². The van der Waals surface area contributed by atoms with Gasteiger partial charge in [0.05, 0.1) is 10.6 Å². The lowest BCUT2D eigenvalue weighted by molar-refractivity contribution is -0.116. The number of halogens is 1. The number of carbonyl (C=O) groups excluding carboxylic acids is 1. The Balaban J connectivity index is 1.96. The zero-order chi connectivity index (χ0) is 18.2. The molecule has 8 heteroatoms. The molecule has 1 aliphatic heterocycles. The number of benzene rings is 2. The number of hydrogen-bond donors (Lipinski definition) is 1. The van der Waals surface area contributed by atoms with Crippen LogP contribution in [0.4, 0.5) is 15.8 Å². The summed E-state index contributed by atoms with van der Waals surface area (Å²) in [6.45, 7) is 4.01. The second-order valence-corrected chi connectivity index (χ2v) is 8.96. The number of rotatable bonds is 3. The first-order valence-corrected chi connectivity index (χ1v) is 10.00. The van der Waals surface area contributed by atoms with Gasteiger partial charge in [-0.3, -0.25) is 9.52 Å². The zero-order valence-corrected chi connectivity index (χ0v) is 15.3. The molecule has 0 bridgehead atoms. The van der Waals surface area contributed by atoms with E-state index < -0.39 is 15.8 Å². The number of hydrogen-bond acceptors (Lipinski definition) is 4. The highest BCUT2D eigenvalue weighted by atomic mass is 32.2. The SMILES string of the molecule is CC(=O)N1CC(C)Sc2ccc(S(=O)(=O)Nc3ccc(F)cc3)cc21. The van der Waals surface area contributed by atoms with Crippen LogP contribution in [0.15, 0.2) is 52.3 Å². The van der Waals surface area contributed by atoms with E-state index in [4.69, 9.17) is 0 Å². The molecule has 0 aliphatic carbocycles. The van der Waals surface area contributed by atoms with Crippen molar-refractivity contribution < 1.29 is 17.6 Å². The van der Waals surface area contributed by atoms with Crippen molar-refractivity contribution in [2.75, 3.05) is 16.2 Å². The van der Waals surface area contributed by atoms with Gasteiger partial charge in [0.1, 0.15) is 5.82 Å². The summed E-state index contributed by atoms with van der Waals surface area (Å²) in [5, 5.41) is 0.233. The highest BCUT2D eigenvalue weighted by Gasteiger charge is 2.27. The Bertz CT molecular complexity index is 914. The Kier molecular flexibility index (Phi) is 4.75. The minimum Gasteiger partial charge on any atom is -0.310 e. The number of sulfonamides is 1. The van der Waals surface area contributed by atoms with Crippen LogP contribution < -0.4 is 9.62 Å². The molecular weight excluding hydrogens is 363 g/mol. The smallest absolute Gasteiger partial charge is 0.261 e. The minimum atomic E-state index is -3.84. The van der Waals surface area contributed by atoms with E-state index in [1.807, 2.05) is 6.92 Å². The lowest BCUT2D eigenvalue weighted by Gasteiger charge is -2.32. The summed E-state index contributed by atoms with van der Waals surface area (Å²) in [5.74, 6) is -0.575. The van der Waals surface area contributed by atoms with Crippen LogP contribution in [0.5, 0.6) is 0 Å². The summed E-state index contributed by atoms with van der Waals surface area (Å²) >= 11 is 1.61. The number of amides is 1. The molecule has 1 N–H and O–H groups in total. The Morgan fingerprint density at radius 2 is 1.92 bits per heavy atom. The number of carbonyl (C=O) groups is 1. The highest BCUT2D eigenvalue weighted by Crippen LogP contribution is 2.39. The second kappa shape index (κ2) is 6.68. The van der Waals surface area contributed by atoms with Crippen LogP contribution in [-0.2, 0) is 14.8 Å². The molecule has 0 saturated carbocycles. The maximum absolute atomic E-state index is 13.0. The molecule has 2 aromatic rings. The minimum absolute atomic E-state index is 0.0528. The van der Waals surface area contributed by atoms with Gasteiger partial charge in [0.25, 0.3) is 10.0 Å². The third-order valence-electron chi connectivity index (χ3n) is 3.78. The van der Waals surface area contributed by atoms with Gasteiger partial charge in [-0.25, -0.2) is 12.8 Å². The van der Waals surface area contributed by atoms with Crippen molar-refractivity contribution in [3.8, 4) is 0 Å². The number of nitrogens with zero attached hydrogens (tertiary/aromatic N) is 1. The molecule has 0 spiro atoms. The van der Waals surface area contributed by atoms with E-state index in [2.05, 4.69) is 4.72 Å². The van der Waals surface area contributed by atoms with E-state index in [-0.39, 0.29) is 21.7 Å². The molecule has 0 fully saturated rings. The Hall–Kier alpha value is -2.06. The van der Waals surface area contributed by atoms with Gasteiger partial charge in [-0.1, -0.05) is 6.92 Å². The predicted octanol–water partition coefficient (Wildman–Crippen LogP) is 3.47. The molecule has 1 unspecified atom stereocenters. The summed E-state index contributed by atoms with van der Waals surface area (Å²) in [5.41, 5.74) is 0.864. The van der Waals surface area contributed by atoms with Crippen molar-refractivity contribution in [2.45, 2.75) is 28.9 Å². The van der Waals surface area contributed by atoms with E-state index in [9.17, 15) is 17.6 Å². The fraction of sp³-hybridized carbons (Fsp3) is 0.235. The Morgan fingerprint density at radius 1 is 1.24 bits per heavy atom. The van der Waals surface area contributed by atoms with Crippen molar-refractivity contribution in [1.29, 1.82) is 0 Å². The van der Waals surface area contributed by atoms with Crippen molar-refractivity contribution in [3.05, 3.63) is 48.3 Å². The summed E-state index contributed by atoms with van der Waals surface area (Å²) in [7, 11) is -3.84. The predicted molar refractivity (Wildman–Crippen MR) is 97.0 cm³/mol. The average Bonchev–Trinajstić information content (AvgIpc) is 2.55. The van der Waals surface area contributed by atoms with Gasteiger partial charge in [0.2, 0.25) is 5.91 Å². The molecule has 1 aliphatic rings. The van der Waals surface area contributed by atoms with E-state index >= 15 is 0 Å². The molecule has 0 saturated heterocycles. The first-order chi connectivity index (χ1) is 11.8. The largest absolute Gasteiger partial charge is 0.310 e. The van der Waals surface area contributed by atoms with Crippen LogP contribution in [0.3, 0.4) is 0 Å². The normalized spacial score (nSPS) is 17.1. The molecule has 1 amide bonds. The molecule has 0 aromatic heterocycles. The maximum atomic E-state index is 13.0. The molecular formula is C17H17FN2O3S2. The van der Waals surface area contributed by atoms with Crippen LogP contribution in [0.25, 0.3) is 0 Å². The summed E-state index contributed by atoms with van der Waals surface area (Å²) in [4.78, 5) is 14.4. The topological polar surface area (TPSA) is 66.5 Å². The van der Waals surface area contributed by atoms with Gasteiger partial charge in [-0.2, -0.15) is 0 Å². The van der Waals surface area contributed by atoms with Crippen LogP contribution in [-0.4, -0.2) is 26.1 Å². The third kappa shape index (κ3) is 3.80. The lowest BCUT2D eigenvalue weighted by atomic mass is 10.2. The molecule has 2 aromatic carbocycles. The van der Waals surface area contributed by atoms with Gasteiger partial charge in [0.15, 0.2) is 0 Å². The van der Waals surface area contributed by atoms with E-state index in [1.165, 1.54) is 43.3 Å². The second-order valence-electron chi connectivity index (χ2n) is 5.80. The third-order valence-corrected chi connectivity index (χ3v) is 6.31. The molecule has 1 atom stereocenters. The quantitative estimate of drug-likeness (QED) is 0.885. The van der Waals surface area contributed by atoms with Gasteiger partial charge in [0, 0.05) is 29.3 Å². The number of fused-ring (bicyclic) bond motifs is 1. The summed E-state index contributed by atoms with van der Waals surface area (Å²) < 4.78 is 40.6. The van der Waals surface area contributed by atoms with E-state index in [0.717, 1.165) is 4.90 Å². The maximum Gasteiger partial charge on any atom is 0.261 e. The molecule has 132 valence electrons. The molecule has 25 heavy (non-hydrogen) atoms. The number of nitrogens with one attached hydrogen (secondary N) is 1. The lowest BCUT2D eigenvalue weighted by Crippen LogP contribution is -2.37. The molecule has 0 radical (unpaired) electrons. The van der Waals surface area contributed by atoms with Crippen molar-refractivity contribution in [2.24, 2.45) is 0 Å². The fourth-order valence-corrected chi connectivity index (χ4v) is 4.79. The van der Waals surface area contributed by atoms with Crippen molar-refractivity contribution >= 4 is 39.1 Å².